The fourth-order valence-electron chi connectivity index (χ4n) is 2.23. The van der Waals surface area contributed by atoms with Crippen LogP contribution in [0.15, 0.2) is 53.7 Å². The number of hydrogen-bond acceptors (Lipinski definition) is 6. The van der Waals surface area contributed by atoms with Gasteiger partial charge >= 0.3 is 0 Å². The summed E-state index contributed by atoms with van der Waals surface area (Å²) in [6, 6.07) is 15.0. The highest BCUT2D eigenvalue weighted by Gasteiger charge is 2.13. The van der Waals surface area contributed by atoms with Crippen molar-refractivity contribution in [3.05, 3.63) is 59.7 Å². The van der Waals surface area contributed by atoms with Crippen molar-refractivity contribution in [1.82, 2.24) is 20.2 Å². The number of ether oxygens (including phenoxy) is 1. The van der Waals surface area contributed by atoms with E-state index >= 15 is 0 Å². The van der Waals surface area contributed by atoms with Crippen molar-refractivity contribution < 1.29 is 9.53 Å². The van der Waals surface area contributed by atoms with Gasteiger partial charge in [0.15, 0.2) is 5.78 Å². The SMILES string of the molecule is CCOc1ccc(-n2nnnc2SCC(=O)c2ccc(C)cc2)cc1. The lowest BCUT2D eigenvalue weighted by molar-refractivity contribution is 0.102. The molecule has 7 heteroatoms. The van der Waals surface area contributed by atoms with Gasteiger partial charge in [-0.15, -0.1) is 5.10 Å². The molecule has 0 fully saturated rings. The molecule has 0 atom stereocenters. The standard InChI is InChI=1S/C18H18N4O2S/c1-3-24-16-10-8-15(9-11-16)22-18(19-20-21-22)25-12-17(23)14-6-4-13(2)5-7-14/h4-11H,3,12H2,1-2H3. The van der Waals surface area contributed by atoms with E-state index in [1.165, 1.54) is 11.8 Å². The topological polar surface area (TPSA) is 69.9 Å². The summed E-state index contributed by atoms with van der Waals surface area (Å²) in [5, 5.41) is 12.3. The number of thioether (sulfide) groups is 1. The molecule has 3 aromatic rings. The zero-order valence-corrected chi connectivity index (χ0v) is 14.9. The van der Waals surface area contributed by atoms with Gasteiger partial charge in [0, 0.05) is 5.56 Å². The van der Waals surface area contributed by atoms with Crippen LogP contribution in [0.3, 0.4) is 0 Å². The molecule has 0 aliphatic carbocycles. The molecule has 2 aromatic carbocycles. The van der Waals surface area contributed by atoms with Crippen molar-refractivity contribution in [2.75, 3.05) is 12.4 Å². The number of carbonyl (C=O) groups is 1. The maximum absolute atomic E-state index is 12.3. The normalized spacial score (nSPS) is 10.6. The van der Waals surface area contributed by atoms with Crippen LogP contribution in [-0.4, -0.2) is 38.4 Å². The first-order valence-corrected chi connectivity index (χ1v) is 8.90. The second-order valence-corrected chi connectivity index (χ2v) is 6.32. The minimum absolute atomic E-state index is 0.0474. The van der Waals surface area contributed by atoms with Gasteiger partial charge in [-0.05, 0) is 48.5 Å². The van der Waals surface area contributed by atoms with Gasteiger partial charge in [-0.1, -0.05) is 41.6 Å². The molecule has 128 valence electrons. The molecule has 0 amide bonds. The van der Waals surface area contributed by atoms with E-state index in [4.69, 9.17) is 4.74 Å². The van der Waals surface area contributed by atoms with E-state index in [9.17, 15) is 4.79 Å². The fourth-order valence-corrected chi connectivity index (χ4v) is 3.02. The number of aromatic nitrogens is 4. The third-order valence-electron chi connectivity index (χ3n) is 3.54. The minimum Gasteiger partial charge on any atom is -0.494 e. The van der Waals surface area contributed by atoms with Gasteiger partial charge in [0.1, 0.15) is 5.75 Å². The number of ketones is 1. The van der Waals surface area contributed by atoms with Crippen LogP contribution in [0.5, 0.6) is 5.75 Å². The average molecular weight is 354 g/mol. The van der Waals surface area contributed by atoms with Crippen LogP contribution in [0.25, 0.3) is 5.69 Å². The summed E-state index contributed by atoms with van der Waals surface area (Å²) in [6.45, 7) is 4.55. The second-order valence-electron chi connectivity index (χ2n) is 5.38. The number of aryl methyl sites for hydroxylation is 1. The summed E-state index contributed by atoms with van der Waals surface area (Å²) >= 11 is 1.32. The summed E-state index contributed by atoms with van der Waals surface area (Å²) in [7, 11) is 0. The third-order valence-corrected chi connectivity index (χ3v) is 4.46. The maximum Gasteiger partial charge on any atom is 0.214 e. The molecule has 0 saturated heterocycles. The first-order chi connectivity index (χ1) is 12.2. The van der Waals surface area contributed by atoms with Gasteiger partial charge in [-0.25, -0.2) is 0 Å². The Kier molecular flexibility index (Phi) is 5.45. The van der Waals surface area contributed by atoms with E-state index in [-0.39, 0.29) is 11.5 Å². The molecule has 0 bridgehead atoms. The number of rotatable bonds is 7. The molecule has 6 nitrogen and oxygen atoms in total. The average Bonchev–Trinajstić information content (AvgIpc) is 3.10. The lowest BCUT2D eigenvalue weighted by atomic mass is 10.1. The van der Waals surface area contributed by atoms with Crippen molar-refractivity contribution >= 4 is 17.5 Å². The van der Waals surface area contributed by atoms with E-state index < -0.39 is 0 Å². The van der Waals surface area contributed by atoms with E-state index in [2.05, 4.69) is 15.5 Å². The van der Waals surface area contributed by atoms with Crippen LogP contribution in [0.2, 0.25) is 0 Å². The molecule has 25 heavy (non-hydrogen) atoms. The first-order valence-electron chi connectivity index (χ1n) is 7.91. The van der Waals surface area contributed by atoms with Gasteiger partial charge in [-0.2, -0.15) is 4.68 Å². The molecule has 0 spiro atoms. The van der Waals surface area contributed by atoms with Crippen LogP contribution >= 0.6 is 11.8 Å². The molecule has 0 aliphatic heterocycles. The predicted molar refractivity (Wildman–Crippen MR) is 96.6 cm³/mol. The van der Waals surface area contributed by atoms with E-state index in [0.29, 0.717) is 17.3 Å². The Morgan fingerprint density at radius 3 is 2.52 bits per heavy atom. The molecule has 0 N–H and O–H groups in total. The quantitative estimate of drug-likeness (QED) is 0.479. The molecule has 0 unspecified atom stereocenters. The number of hydrogen-bond donors (Lipinski definition) is 0. The van der Waals surface area contributed by atoms with Crippen molar-refractivity contribution in [3.63, 3.8) is 0 Å². The number of benzene rings is 2. The van der Waals surface area contributed by atoms with Crippen LogP contribution in [0.4, 0.5) is 0 Å². The first kappa shape index (κ1) is 17.2. The molecular formula is C18H18N4O2S. The lowest BCUT2D eigenvalue weighted by Crippen LogP contribution is -2.05. The molecule has 3 rings (SSSR count). The van der Waals surface area contributed by atoms with Crippen LogP contribution in [0.1, 0.15) is 22.8 Å². The zero-order chi connectivity index (χ0) is 17.6. The molecular weight excluding hydrogens is 336 g/mol. The Bertz CT molecular complexity index is 844. The number of Topliss-reactive ketones (excluding diaryl/α,β-unsaturated/α-hetero) is 1. The molecule has 0 aliphatic rings. The smallest absolute Gasteiger partial charge is 0.214 e. The van der Waals surface area contributed by atoms with Crippen LogP contribution < -0.4 is 4.74 Å². The lowest BCUT2D eigenvalue weighted by Gasteiger charge is -2.06. The second kappa shape index (κ2) is 7.94. The van der Waals surface area contributed by atoms with Crippen LogP contribution in [-0.2, 0) is 0 Å². The summed E-state index contributed by atoms with van der Waals surface area (Å²) in [5.41, 5.74) is 2.64. The summed E-state index contributed by atoms with van der Waals surface area (Å²) in [5.74, 6) is 1.12. The van der Waals surface area contributed by atoms with Crippen molar-refractivity contribution in [2.45, 2.75) is 19.0 Å². The Balaban J connectivity index is 1.69. The van der Waals surface area contributed by atoms with Gasteiger partial charge in [-0.3, -0.25) is 4.79 Å². The molecule has 0 saturated carbocycles. The van der Waals surface area contributed by atoms with E-state index in [1.807, 2.05) is 62.4 Å². The van der Waals surface area contributed by atoms with Crippen molar-refractivity contribution in [2.24, 2.45) is 0 Å². The van der Waals surface area contributed by atoms with Crippen molar-refractivity contribution in [1.29, 1.82) is 0 Å². The Hall–Kier alpha value is -2.67. The minimum atomic E-state index is 0.0474. The zero-order valence-electron chi connectivity index (χ0n) is 14.0. The van der Waals surface area contributed by atoms with Gasteiger partial charge in [0.05, 0.1) is 18.0 Å². The maximum atomic E-state index is 12.3. The van der Waals surface area contributed by atoms with Crippen molar-refractivity contribution in [3.8, 4) is 11.4 Å². The summed E-state index contributed by atoms with van der Waals surface area (Å²) in [4.78, 5) is 12.3. The highest BCUT2D eigenvalue weighted by Crippen LogP contribution is 2.21. The Morgan fingerprint density at radius 1 is 1.12 bits per heavy atom. The Morgan fingerprint density at radius 2 is 1.84 bits per heavy atom. The highest BCUT2D eigenvalue weighted by atomic mass is 32.2. The summed E-state index contributed by atoms with van der Waals surface area (Å²) < 4.78 is 7.05. The fraction of sp³-hybridized carbons (Fsp3) is 0.222. The molecule has 1 heterocycles. The Labute approximate surface area is 150 Å². The molecule has 1 aromatic heterocycles. The van der Waals surface area contributed by atoms with E-state index in [1.54, 1.807) is 4.68 Å². The number of nitrogens with zero attached hydrogens (tertiary/aromatic N) is 4. The predicted octanol–water partition coefficient (Wildman–Crippen LogP) is 3.34. The number of tetrazole rings is 1. The largest absolute Gasteiger partial charge is 0.494 e. The van der Waals surface area contributed by atoms with E-state index in [0.717, 1.165) is 17.0 Å². The van der Waals surface area contributed by atoms with Gasteiger partial charge < -0.3 is 4.74 Å². The van der Waals surface area contributed by atoms with Gasteiger partial charge in [0.2, 0.25) is 5.16 Å². The van der Waals surface area contributed by atoms with Gasteiger partial charge in [0.25, 0.3) is 0 Å². The highest BCUT2D eigenvalue weighted by molar-refractivity contribution is 7.99. The summed E-state index contributed by atoms with van der Waals surface area (Å²) in [6.07, 6.45) is 0. The monoisotopic (exact) mass is 354 g/mol. The number of carbonyl (C=O) groups excluding carboxylic acids is 1. The molecule has 0 radical (unpaired) electrons. The third kappa shape index (κ3) is 4.24. The van der Waals surface area contributed by atoms with Crippen LogP contribution in [0, 0.1) is 6.92 Å².